The molecule has 1 aromatic carbocycles. The van der Waals surface area contributed by atoms with Gasteiger partial charge in [0.15, 0.2) is 0 Å². The molecule has 0 bridgehead atoms. The first-order valence-corrected chi connectivity index (χ1v) is 3.90. The van der Waals surface area contributed by atoms with E-state index in [1.54, 1.807) is 12.1 Å². The number of benzene rings is 1. The Hall–Kier alpha value is -2.11. The van der Waals surface area contributed by atoms with Gasteiger partial charge in [-0.05, 0) is 12.1 Å². The van der Waals surface area contributed by atoms with Gasteiger partial charge in [0.2, 0.25) is 5.52 Å². The van der Waals surface area contributed by atoms with E-state index in [4.69, 9.17) is 0 Å². The monoisotopic (exact) mass is 193 g/mol. The molecule has 0 amide bonds. The number of aromatic nitrogens is 3. The second kappa shape index (κ2) is 2.99. The zero-order valence-corrected chi connectivity index (χ0v) is 7.38. The summed E-state index contributed by atoms with van der Waals surface area (Å²) in [5, 5.41) is 14.7. The van der Waals surface area contributed by atoms with Gasteiger partial charge in [0.25, 0.3) is 0 Å². The molecule has 6 heteroatoms. The Kier molecular flexibility index (Phi) is 1.81. The number of rotatable bonds is 1. The lowest BCUT2D eigenvalue weighted by molar-refractivity contribution is -0.480. The van der Waals surface area contributed by atoms with E-state index in [1.165, 1.54) is 19.2 Å². The van der Waals surface area contributed by atoms with Crippen LogP contribution in [-0.2, 0) is 0 Å². The number of hydrogen-bond acceptors (Lipinski definition) is 4. The molecule has 0 aliphatic rings. The molecule has 14 heavy (non-hydrogen) atoms. The third-order valence-corrected chi connectivity index (χ3v) is 1.84. The van der Waals surface area contributed by atoms with E-state index in [2.05, 4.69) is 9.84 Å². The summed E-state index contributed by atoms with van der Waals surface area (Å²) in [6.45, 7) is 0. The maximum atomic E-state index is 11.5. The quantitative estimate of drug-likeness (QED) is 0.611. The minimum Gasteiger partial charge on any atom is -0.772 e. The van der Waals surface area contributed by atoms with Gasteiger partial charge >= 0.3 is 6.01 Å². The second-order valence-corrected chi connectivity index (χ2v) is 2.64. The molecule has 2 rings (SSSR count). The number of ether oxygens (including phenoxy) is 1. The van der Waals surface area contributed by atoms with Gasteiger partial charge in [-0.25, -0.2) is 0 Å². The molecule has 0 fully saturated rings. The number of methoxy groups -OCH3 is 1. The molecule has 6 nitrogen and oxygen atoms in total. The highest BCUT2D eigenvalue weighted by molar-refractivity contribution is 5.70. The summed E-state index contributed by atoms with van der Waals surface area (Å²) < 4.78 is 5.13. The van der Waals surface area contributed by atoms with Gasteiger partial charge in [-0.15, -0.1) is 0 Å². The van der Waals surface area contributed by atoms with Crippen molar-refractivity contribution in [1.82, 2.24) is 9.94 Å². The van der Waals surface area contributed by atoms with Crippen molar-refractivity contribution in [3.05, 3.63) is 34.4 Å². The van der Waals surface area contributed by atoms with Crippen molar-refractivity contribution < 1.29 is 9.16 Å². The van der Waals surface area contributed by atoms with Crippen LogP contribution in [0.2, 0.25) is 0 Å². The van der Waals surface area contributed by atoms with Gasteiger partial charge in [0.05, 0.1) is 16.6 Å². The zero-order chi connectivity index (χ0) is 10.1. The van der Waals surface area contributed by atoms with Crippen LogP contribution in [0.1, 0.15) is 0 Å². The van der Waals surface area contributed by atoms with Crippen LogP contribution in [-0.4, -0.2) is 17.1 Å². The number of para-hydroxylation sites is 2. The minimum absolute atomic E-state index is 0.211. The molecule has 1 aromatic heterocycles. The molecule has 0 radical (unpaired) electrons. The maximum Gasteiger partial charge on any atom is 0.565 e. The predicted octanol–water partition coefficient (Wildman–Crippen LogP) is 0.305. The number of hydrogen-bond donors (Lipinski definition) is 0. The summed E-state index contributed by atoms with van der Waals surface area (Å²) in [7, 11) is 1.28. The lowest BCUT2D eigenvalue weighted by atomic mass is 10.3. The van der Waals surface area contributed by atoms with Crippen molar-refractivity contribution in [3.8, 4) is 6.01 Å². The Balaban J connectivity index is 2.95. The Morgan fingerprint density at radius 3 is 2.93 bits per heavy atom. The fraction of sp³-hybridized carbons (Fsp3) is 0.125. The molecule has 0 saturated carbocycles. The summed E-state index contributed by atoms with van der Waals surface area (Å²) in [5.41, 5.74) is 0.442. The third-order valence-electron chi connectivity index (χ3n) is 1.84. The van der Waals surface area contributed by atoms with Crippen LogP contribution < -0.4 is 9.16 Å². The smallest absolute Gasteiger partial charge is 0.565 e. The highest BCUT2D eigenvalue weighted by Gasteiger charge is 2.15. The Morgan fingerprint density at radius 2 is 2.21 bits per heavy atom. The van der Waals surface area contributed by atoms with Crippen LogP contribution in [0, 0.1) is 10.1 Å². The molecular formula is C8H7N3O3. The van der Waals surface area contributed by atoms with Gasteiger partial charge in [-0.3, -0.25) is 0 Å². The zero-order valence-electron chi connectivity index (χ0n) is 7.38. The molecule has 0 saturated heterocycles. The summed E-state index contributed by atoms with van der Waals surface area (Å²) in [4.78, 5) is 11.9. The fourth-order valence-corrected chi connectivity index (χ4v) is 1.20. The van der Waals surface area contributed by atoms with Crippen molar-refractivity contribution in [3.63, 3.8) is 0 Å². The van der Waals surface area contributed by atoms with Gasteiger partial charge in [-0.2, -0.15) is 4.85 Å². The van der Waals surface area contributed by atoms with E-state index in [0.717, 1.165) is 0 Å². The van der Waals surface area contributed by atoms with Gasteiger partial charge in [-0.1, -0.05) is 17.0 Å². The molecule has 0 spiro atoms. The fourth-order valence-electron chi connectivity index (χ4n) is 1.20. The van der Waals surface area contributed by atoms with Crippen LogP contribution in [0.25, 0.3) is 11.0 Å². The molecule has 72 valence electrons. The minimum atomic E-state index is -0.265. The second-order valence-electron chi connectivity index (χ2n) is 2.64. The summed E-state index contributed by atoms with van der Waals surface area (Å²) in [6.07, 6.45) is 0. The molecule has 0 atom stereocenters. The molecule has 0 N–H and O–H groups in total. The van der Waals surface area contributed by atoms with Gasteiger partial charge in [0, 0.05) is 0 Å². The topological polar surface area (TPSA) is 73.1 Å². The van der Waals surface area contributed by atoms with Crippen molar-refractivity contribution in [2.24, 2.45) is 0 Å². The SMILES string of the molecule is COc1nn([O-])c2ccccc2[n+]1=O. The lowest BCUT2D eigenvalue weighted by Crippen LogP contribution is -2.23. The van der Waals surface area contributed by atoms with E-state index in [-0.39, 0.29) is 17.0 Å². The predicted molar refractivity (Wildman–Crippen MR) is 48.4 cm³/mol. The number of fused-ring (bicyclic) bond motifs is 1. The van der Waals surface area contributed by atoms with Crippen LogP contribution in [0.4, 0.5) is 0 Å². The van der Waals surface area contributed by atoms with Crippen molar-refractivity contribution in [2.45, 2.75) is 0 Å². The molecule has 2 aromatic rings. The van der Waals surface area contributed by atoms with Gasteiger partial charge < -0.3 is 9.94 Å². The lowest BCUT2D eigenvalue weighted by Gasteiger charge is -2.04. The van der Waals surface area contributed by atoms with E-state index < -0.39 is 0 Å². The molecule has 0 unspecified atom stereocenters. The third kappa shape index (κ3) is 1.08. The Labute approximate surface area is 78.5 Å². The highest BCUT2D eigenvalue weighted by atomic mass is 16.5. The Morgan fingerprint density at radius 1 is 1.50 bits per heavy atom. The molecule has 0 aliphatic carbocycles. The van der Waals surface area contributed by atoms with Crippen molar-refractivity contribution in [1.29, 1.82) is 0 Å². The molecular weight excluding hydrogens is 186 g/mol. The maximum absolute atomic E-state index is 11.5. The Bertz CT molecular complexity index is 535. The van der Waals surface area contributed by atoms with Gasteiger partial charge in [0.1, 0.15) is 5.52 Å². The first-order valence-electron chi connectivity index (χ1n) is 3.90. The number of nitrogens with zero attached hydrogens (tertiary/aromatic N) is 3. The average Bonchev–Trinajstić information content (AvgIpc) is 2.23. The first-order chi connectivity index (χ1) is 6.74. The summed E-state index contributed by atoms with van der Waals surface area (Å²) >= 11 is 0. The van der Waals surface area contributed by atoms with Crippen LogP contribution in [0.3, 0.4) is 0 Å². The molecule has 1 heterocycles. The van der Waals surface area contributed by atoms with Crippen molar-refractivity contribution >= 4 is 11.0 Å². The van der Waals surface area contributed by atoms with E-state index in [9.17, 15) is 10.1 Å². The van der Waals surface area contributed by atoms with Crippen LogP contribution in [0.5, 0.6) is 6.01 Å². The first kappa shape index (κ1) is 8.49. The van der Waals surface area contributed by atoms with Crippen LogP contribution >= 0.6 is 0 Å². The van der Waals surface area contributed by atoms with E-state index in [0.29, 0.717) is 9.27 Å². The summed E-state index contributed by atoms with van der Waals surface area (Å²) in [5.74, 6) is 0. The van der Waals surface area contributed by atoms with Crippen molar-refractivity contribution in [2.75, 3.05) is 7.11 Å². The standard InChI is InChI=1S/C8H7N3O3/c1-14-8-9-11(13)7-5-3-2-4-6(7)10(8)12/h2-5H,1H3. The van der Waals surface area contributed by atoms with E-state index in [1.807, 2.05) is 0 Å². The summed E-state index contributed by atoms with van der Waals surface area (Å²) in [6, 6.07) is 6.10. The largest absolute Gasteiger partial charge is 0.772 e. The highest BCUT2D eigenvalue weighted by Crippen LogP contribution is 2.08. The average molecular weight is 193 g/mol. The molecule has 0 aliphatic heterocycles. The van der Waals surface area contributed by atoms with E-state index >= 15 is 0 Å². The van der Waals surface area contributed by atoms with Crippen LogP contribution in [0.15, 0.2) is 24.3 Å². The normalized spacial score (nSPS) is 10.4.